The predicted molar refractivity (Wildman–Crippen MR) is 151 cm³/mol. The van der Waals surface area contributed by atoms with Gasteiger partial charge in [0.25, 0.3) is 11.8 Å². The van der Waals surface area contributed by atoms with Gasteiger partial charge in [0.1, 0.15) is 12.7 Å². The van der Waals surface area contributed by atoms with Crippen molar-refractivity contribution in [3.8, 4) is 0 Å². The normalized spacial score (nSPS) is 25.2. The van der Waals surface area contributed by atoms with Gasteiger partial charge in [0.2, 0.25) is 5.72 Å². The van der Waals surface area contributed by atoms with Crippen molar-refractivity contribution in [1.29, 1.82) is 0 Å². The molecule has 0 unspecified atom stereocenters. The van der Waals surface area contributed by atoms with Crippen molar-refractivity contribution in [2.45, 2.75) is 55.1 Å². The quantitative estimate of drug-likeness (QED) is 0.145. The fourth-order valence-corrected chi connectivity index (χ4v) is 6.73. The van der Waals surface area contributed by atoms with Gasteiger partial charge in [-0.1, -0.05) is 76.4 Å². The van der Waals surface area contributed by atoms with Crippen LogP contribution in [0.2, 0.25) is 20.1 Å². The van der Waals surface area contributed by atoms with Crippen LogP contribution in [0.5, 0.6) is 0 Å². The van der Waals surface area contributed by atoms with E-state index in [4.69, 9.17) is 65.4 Å². The van der Waals surface area contributed by atoms with E-state index in [0.29, 0.717) is 9.80 Å². The van der Waals surface area contributed by atoms with Crippen LogP contribution in [0.4, 0.5) is 0 Å². The summed E-state index contributed by atoms with van der Waals surface area (Å²) in [6.45, 7) is 2.64. The first-order valence-electron chi connectivity index (χ1n) is 12.0. The second-order valence-corrected chi connectivity index (χ2v) is 11.7. The number of rotatable bonds is 7. The van der Waals surface area contributed by atoms with E-state index in [2.05, 4.69) is 0 Å². The molecule has 1 fully saturated rings. The number of esters is 3. The van der Waals surface area contributed by atoms with Gasteiger partial charge in [-0.2, -0.15) is 0 Å². The molecule has 2 aromatic carbocycles. The van der Waals surface area contributed by atoms with E-state index < -0.39 is 87.0 Å². The zero-order valence-corrected chi connectivity index (χ0v) is 25.7. The Morgan fingerprint density at radius 3 is 1.88 bits per heavy atom. The number of hydrogen-bond acceptors (Lipinski definition) is 11. The lowest BCUT2D eigenvalue weighted by Crippen LogP contribution is -2.74. The summed E-state index contributed by atoms with van der Waals surface area (Å²) in [7, 11) is 0. The van der Waals surface area contributed by atoms with Crippen LogP contribution in [0, 0.1) is 0 Å². The van der Waals surface area contributed by atoms with E-state index in [1.165, 1.54) is 0 Å². The molecule has 42 heavy (non-hydrogen) atoms. The number of benzene rings is 2. The molecule has 0 saturated carbocycles. The SMILES string of the molecule is CC(=O)OC[C@H]1O[C@@H](Sc2ccccc2)[C@@](O)(N2C(=O)c3c(Cl)c(Cl)c(Cl)c(Cl)c3C2=O)[C@@H](OC(C)=O)[C@@H]1OC(C)=O. The Labute approximate surface area is 263 Å². The smallest absolute Gasteiger partial charge is 0.303 e. The highest BCUT2D eigenvalue weighted by molar-refractivity contribution is 7.99. The third kappa shape index (κ3) is 5.81. The lowest BCUT2D eigenvalue weighted by molar-refractivity contribution is -0.289. The number of ether oxygens (including phenoxy) is 4. The Kier molecular flexibility index (Phi) is 9.68. The fourth-order valence-electron chi connectivity index (χ4n) is 4.55. The van der Waals surface area contributed by atoms with Gasteiger partial charge < -0.3 is 24.1 Å². The number of hydrogen-bond donors (Lipinski definition) is 1. The number of carbonyl (C=O) groups is 5. The molecule has 2 heterocycles. The lowest BCUT2D eigenvalue weighted by atomic mass is 9.92. The van der Waals surface area contributed by atoms with Gasteiger partial charge in [-0.15, -0.1) is 0 Å². The molecule has 0 aromatic heterocycles. The number of halogens is 4. The Morgan fingerprint density at radius 2 is 1.40 bits per heavy atom. The summed E-state index contributed by atoms with van der Waals surface area (Å²) in [4.78, 5) is 64.9. The Balaban J connectivity index is 1.95. The molecule has 2 aliphatic heterocycles. The first-order valence-corrected chi connectivity index (χ1v) is 14.4. The average molecular weight is 681 g/mol. The molecule has 2 amide bonds. The van der Waals surface area contributed by atoms with Gasteiger partial charge in [0, 0.05) is 25.7 Å². The van der Waals surface area contributed by atoms with Crippen molar-refractivity contribution >= 4 is 87.9 Å². The molecule has 1 saturated heterocycles. The number of nitrogens with zero attached hydrogens (tertiary/aromatic N) is 1. The van der Waals surface area contributed by atoms with E-state index in [1.54, 1.807) is 30.3 Å². The van der Waals surface area contributed by atoms with Crippen molar-refractivity contribution < 1.29 is 48.0 Å². The van der Waals surface area contributed by atoms with Crippen LogP contribution in [0.15, 0.2) is 35.2 Å². The predicted octanol–water partition coefficient (Wildman–Crippen LogP) is 4.53. The highest BCUT2D eigenvalue weighted by Crippen LogP contribution is 2.50. The van der Waals surface area contributed by atoms with Crippen molar-refractivity contribution in [1.82, 2.24) is 4.90 Å². The summed E-state index contributed by atoms with van der Waals surface area (Å²) in [5, 5.41) is 11.1. The van der Waals surface area contributed by atoms with Crippen molar-refractivity contribution in [3.05, 3.63) is 61.5 Å². The van der Waals surface area contributed by atoms with Crippen LogP contribution in [0.1, 0.15) is 41.5 Å². The van der Waals surface area contributed by atoms with E-state index >= 15 is 0 Å². The van der Waals surface area contributed by atoms with Crippen LogP contribution in [-0.2, 0) is 33.3 Å². The van der Waals surface area contributed by atoms with Gasteiger partial charge in [-0.3, -0.25) is 24.0 Å². The van der Waals surface area contributed by atoms with Crippen molar-refractivity contribution in [2.75, 3.05) is 6.61 Å². The molecular weight excluding hydrogens is 660 g/mol. The molecular formula is C26H21Cl4NO10S. The van der Waals surface area contributed by atoms with Gasteiger partial charge in [-0.05, 0) is 12.1 Å². The third-order valence-electron chi connectivity index (χ3n) is 6.22. The lowest BCUT2D eigenvalue weighted by Gasteiger charge is -2.52. The Bertz CT molecular complexity index is 1430. The van der Waals surface area contributed by atoms with Crippen LogP contribution in [0.3, 0.4) is 0 Å². The molecule has 11 nitrogen and oxygen atoms in total. The number of aliphatic hydroxyl groups is 1. The fraction of sp³-hybridized carbons (Fsp3) is 0.346. The molecule has 0 aliphatic carbocycles. The van der Waals surface area contributed by atoms with Gasteiger partial charge in [0.05, 0.1) is 31.2 Å². The molecule has 0 spiro atoms. The monoisotopic (exact) mass is 679 g/mol. The molecule has 16 heteroatoms. The Hall–Kier alpha value is -2.58. The van der Waals surface area contributed by atoms with Crippen LogP contribution < -0.4 is 0 Å². The summed E-state index contributed by atoms with van der Waals surface area (Å²) in [6, 6.07) is 8.37. The maximum atomic E-state index is 13.9. The number of imide groups is 1. The van der Waals surface area contributed by atoms with E-state index in [9.17, 15) is 29.1 Å². The second kappa shape index (κ2) is 12.6. The number of carbonyl (C=O) groups excluding carboxylic acids is 5. The topological polar surface area (TPSA) is 146 Å². The van der Waals surface area contributed by atoms with Crippen molar-refractivity contribution in [2.24, 2.45) is 0 Å². The summed E-state index contributed by atoms with van der Waals surface area (Å²) < 4.78 is 22.1. The average Bonchev–Trinajstić information content (AvgIpc) is 3.19. The minimum atomic E-state index is -2.89. The summed E-state index contributed by atoms with van der Waals surface area (Å²) >= 11 is 25.8. The maximum Gasteiger partial charge on any atom is 0.303 e. The molecule has 5 atom stereocenters. The summed E-state index contributed by atoms with van der Waals surface area (Å²) in [5.41, 5.74) is -5.46. The zero-order chi connectivity index (χ0) is 31.1. The zero-order valence-electron chi connectivity index (χ0n) is 21.9. The largest absolute Gasteiger partial charge is 0.463 e. The minimum Gasteiger partial charge on any atom is -0.463 e. The van der Waals surface area contributed by atoms with Crippen LogP contribution >= 0.6 is 58.2 Å². The van der Waals surface area contributed by atoms with E-state index in [1.807, 2.05) is 0 Å². The van der Waals surface area contributed by atoms with E-state index in [-0.39, 0.29) is 10.0 Å². The minimum absolute atomic E-state index is 0.317. The second-order valence-electron chi connectivity index (χ2n) is 9.08. The number of thioether (sulfide) groups is 1. The highest BCUT2D eigenvalue weighted by Gasteiger charge is 2.67. The molecule has 224 valence electrons. The van der Waals surface area contributed by atoms with Crippen molar-refractivity contribution in [3.63, 3.8) is 0 Å². The van der Waals surface area contributed by atoms with Gasteiger partial charge in [-0.25, -0.2) is 4.90 Å². The standard InChI is InChI=1S/C26H21Cl4NO10S/c1-10(32)38-9-14-21(39-11(2)33)22(40-12(3)34)26(37,25(41-14)42-13-7-5-4-6-8-13)31-23(35)15-16(24(31)36)18(28)20(30)19(29)17(15)27/h4-8,14,21-22,25,37H,9H2,1-3H3/t14-,21-,22+,25+,26-/m1/s1. The first kappa shape index (κ1) is 32.3. The van der Waals surface area contributed by atoms with Crippen LogP contribution in [0.25, 0.3) is 0 Å². The highest BCUT2D eigenvalue weighted by atomic mass is 35.5. The summed E-state index contributed by atoms with van der Waals surface area (Å²) in [5.74, 6) is -4.96. The third-order valence-corrected chi connectivity index (χ3v) is 9.24. The molecule has 2 aliphatic rings. The van der Waals surface area contributed by atoms with Gasteiger partial charge in [0.15, 0.2) is 17.6 Å². The number of fused-ring (bicyclic) bond motifs is 1. The van der Waals surface area contributed by atoms with Crippen LogP contribution in [-0.4, -0.2) is 75.8 Å². The summed E-state index contributed by atoms with van der Waals surface area (Å²) in [6.07, 6.45) is -5.00. The molecule has 4 rings (SSSR count). The maximum absolute atomic E-state index is 13.9. The van der Waals surface area contributed by atoms with E-state index in [0.717, 1.165) is 32.5 Å². The molecule has 0 radical (unpaired) electrons. The molecule has 1 N–H and O–H groups in total. The Morgan fingerprint density at radius 1 is 0.881 bits per heavy atom. The first-order chi connectivity index (χ1) is 19.7. The number of amides is 2. The van der Waals surface area contributed by atoms with Gasteiger partial charge >= 0.3 is 17.9 Å². The molecule has 0 bridgehead atoms. The molecule has 2 aromatic rings.